The van der Waals surface area contributed by atoms with Crippen molar-refractivity contribution in [1.29, 1.82) is 0 Å². The van der Waals surface area contributed by atoms with E-state index in [1.165, 1.54) is 18.0 Å². The van der Waals surface area contributed by atoms with Crippen LogP contribution in [0.15, 0.2) is 28.7 Å². The minimum absolute atomic E-state index is 0.0850. The van der Waals surface area contributed by atoms with Gasteiger partial charge < -0.3 is 4.43 Å². The second-order valence-corrected chi connectivity index (χ2v) is 22.9. The monoisotopic (exact) mass is 370 g/mol. The van der Waals surface area contributed by atoms with Crippen molar-refractivity contribution in [2.45, 2.75) is 64.0 Å². The van der Waals surface area contributed by atoms with Crippen molar-refractivity contribution < 1.29 is 4.43 Å². The molecule has 2 unspecified atom stereocenters. The Hall–Kier alpha value is 0.0938. The lowest BCUT2D eigenvalue weighted by Gasteiger charge is -2.53. The highest BCUT2D eigenvalue weighted by molar-refractivity contribution is 9.10. The summed E-state index contributed by atoms with van der Waals surface area (Å²) in [7, 11) is -3.03. The van der Waals surface area contributed by atoms with E-state index < -0.39 is 15.4 Å². The van der Waals surface area contributed by atoms with Gasteiger partial charge in [-0.1, -0.05) is 47.6 Å². The van der Waals surface area contributed by atoms with Crippen molar-refractivity contribution in [1.82, 2.24) is 0 Å². The zero-order valence-electron chi connectivity index (χ0n) is 13.6. The summed E-state index contributed by atoms with van der Waals surface area (Å²) in [6, 6.07) is 10.3. The first-order valence-corrected chi connectivity index (χ1v) is 15.0. The summed E-state index contributed by atoms with van der Waals surface area (Å²) >= 11 is 3.54. The molecule has 1 heterocycles. The van der Waals surface area contributed by atoms with E-state index in [9.17, 15) is 0 Å². The van der Waals surface area contributed by atoms with E-state index in [0.29, 0.717) is 5.54 Å². The normalized spacial score (nSPS) is 29.9. The number of hydrogen-bond acceptors (Lipinski definition) is 1. The van der Waals surface area contributed by atoms with Crippen LogP contribution in [0.2, 0.25) is 25.7 Å². The smallest absolute Gasteiger partial charge is 0.175 e. The van der Waals surface area contributed by atoms with Crippen LogP contribution in [0.25, 0.3) is 0 Å². The van der Waals surface area contributed by atoms with Crippen LogP contribution in [0.1, 0.15) is 38.3 Å². The van der Waals surface area contributed by atoms with Crippen LogP contribution in [-0.2, 0) is 4.43 Å². The van der Waals surface area contributed by atoms with Crippen molar-refractivity contribution in [3.8, 4) is 0 Å². The second-order valence-electron chi connectivity index (χ2n) is 7.56. The van der Waals surface area contributed by atoms with Gasteiger partial charge in [-0.05, 0) is 56.6 Å². The Morgan fingerprint density at radius 1 is 1.15 bits per heavy atom. The molecule has 2 rings (SSSR count). The van der Waals surface area contributed by atoms with Crippen LogP contribution in [0.3, 0.4) is 0 Å². The molecule has 0 bridgehead atoms. The van der Waals surface area contributed by atoms with Gasteiger partial charge >= 0.3 is 0 Å². The van der Waals surface area contributed by atoms with Crippen molar-refractivity contribution >= 4 is 31.4 Å². The van der Waals surface area contributed by atoms with Crippen LogP contribution >= 0.6 is 15.9 Å². The first-order valence-electron chi connectivity index (χ1n) is 7.53. The SMILES string of the molecule is CC(c1ccc(Br)cc1)[Si]1(C)CCC(C)(C)O[Si]1(C)C. The molecular weight excluding hydrogens is 344 g/mol. The summed E-state index contributed by atoms with van der Waals surface area (Å²) in [5.74, 6) is 0. The van der Waals surface area contributed by atoms with Crippen LogP contribution in [0.5, 0.6) is 0 Å². The molecule has 112 valence electrons. The molecule has 0 N–H and O–H groups in total. The number of hydrogen-bond donors (Lipinski definition) is 0. The number of benzene rings is 1. The van der Waals surface area contributed by atoms with E-state index in [1.54, 1.807) is 0 Å². The highest BCUT2D eigenvalue weighted by atomic mass is 79.9. The molecule has 1 aromatic rings. The summed E-state index contributed by atoms with van der Waals surface area (Å²) in [6.07, 6.45) is 1.22. The van der Waals surface area contributed by atoms with Gasteiger partial charge in [-0.2, -0.15) is 0 Å². The summed E-state index contributed by atoms with van der Waals surface area (Å²) in [6.45, 7) is 14.5. The molecule has 1 saturated heterocycles. The van der Waals surface area contributed by atoms with Gasteiger partial charge in [0.1, 0.15) is 0 Å². The first kappa shape index (κ1) is 16.5. The minimum atomic E-state index is -1.61. The van der Waals surface area contributed by atoms with Crippen LogP contribution < -0.4 is 0 Å². The Balaban J connectivity index is 2.32. The highest BCUT2D eigenvalue weighted by Gasteiger charge is 2.55. The van der Waals surface area contributed by atoms with Crippen LogP contribution in [0.4, 0.5) is 0 Å². The Labute approximate surface area is 134 Å². The number of rotatable bonds is 2. The van der Waals surface area contributed by atoms with E-state index in [2.05, 4.69) is 80.6 Å². The Kier molecular flexibility index (Phi) is 4.43. The van der Waals surface area contributed by atoms with E-state index in [4.69, 9.17) is 4.43 Å². The predicted octanol–water partition coefficient (Wildman–Crippen LogP) is 5.65. The molecule has 0 amide bonds. The van der Waals surface area contributed by atoms with Gasteiger partial charge in [0.15, 0.2) is 7.83 Å². The highest BCUT2D eigenvalue weighted by Crippen LogP contribution is 2.45. The van der Waals surface area contributed by atoms with Crippen LogP contribution in [-0.4, -0.2) is 21.0 Å². The van der Waals surface area contributed by atoms with Gasteiger partial charge in [0.25, 0.3) is 0 Å². The topological polar surface area (TPSA) is 9.23 Å². The molecule has 1 fully saturated rings. The Morgan fingerprint density at radius 3 is 2.20 bits per heavy atom. The lowest BCUT2D eigenvalue weighted by Crippen LogP contribution is -2.68. The molecule has 0 saturated carbocycles. The van der Waals surface area contributed by atoms with E-state index in [1.807, 2.05) is 0 Å². The Morgan fingerprint density at radius 2 is 1.70 bits per heavy atom. The third kappa shape index (κ3) is 2.98. The molecule has 0 radical (unpaired) electrons. The molecule has 0 aromatic heterocycles. The zero-order chi connectivity index (χ0) is 15.2. The zero-order valence-corrected chi connectivity index (χ0v) is 17.2. The quantitative estimate of drug-likeness (QED) is 0.610. The summed E-state index contributed by atoms with van der Waals surface area (Å²) < 4.78 is 7.80. The maximum atomic E-state index is 6.63. The summed E-state index contributed by atoms with van der Waals surface area (Å²) in [5.41, 5.74) is 2.25. The maximum absolute atomic E-state index is 6.63. The molecular formula is C16H27BrOSi2. The van der Waals surface area contributed by atoms with Crippen molar-refractivity contribution in [2.24, 2.45) is 0 Å². The molecule has 0 aliphatic carbocycles. The fourth-order valence-corrected chi connectivity index (χ4v) is 17.0. The second kappa shape index (κ2) is 5.38. The fraction of sp³-hybridized carbons (Fsp3) is 0.625. The third-order valence-corrected chi connectivity index (χ3v) is 24.0. The Bertz CT molecular complexity index is 484. The third-order valence-electron chi connectivity index (χ3n) is 5.48. The minimum Gasteiger partial charge on any atom is -0.415 e. The van der Waals surface area contributed by atoms with E-state index >= 15 is 0 Å². The van der Waals surface area contributed by atoms with Crippen LogP contribution in [0, 0.1) is 0 Å². The van der Waals surface area contributed by atoms with Gasteiger partial charge in [0.05, 0.1) is 13.2 Å². The molecule has 1 nitrogen and oxygen atoms in total. The molecule has 1 aliphatic heterocycles. The average molecular weight is 371 g/mol. The average Bonchev–Trinajstić information content (AvgIpc) is 2.33. The first-order chi connectivity index (χ1) is 9.07. The predicted molar refractivity (Wildman–Crippen MR) is 96.2 cm³/mol. The molecule has 1 aliphatic rings. The molecule has 1 aromatic carbocycles. The summed E-state index contributed by atoms with van der Waals surface area (Å²) in [4.78, 5) is 0. The largest absolute Gasteiger partial charge is 0.415 e. The van der Waals surface area contributed by atoms with Gasteiger partial charge in [-0.25, -0.2) is 0 Å². The van der Waals surface area contributed by atoms with Crippen molar-refractivity contribution in [3.63, 3.8) is 0 Å². The number of halogens is 1. The van der Waals surface area contributed by atoms with E-state index in [0.717, 1.165) is 4.47 Å². The van der Waals surface area contributed by atoms with Crippen molar-refractivity contribution in [3.05, 3.63) is 34.3 Å². The van der Waals surface area contributed by atoms with Gasteiger partial charge in [-0.15, -0.1) is 0 Å². The fourth-order valence-electron chi connectivity index (χ4n) is 3.58. The van der Waals surface area contributed by atoms with Gasteiger partial charge in [0, 0.05) is 4.47 Å². The molecule has 4 heteroatoms. The van der Waals surface area contributed by atoms with Gasteiger partial charge in [0.2, 0.25) is 0 Å². The lowest BCUT2D eigenvalue weighted by atomic mass is 10.1. The molecule has 2 atom stereocenters. The molecule has 0 spiro atoms. The van der Waals surface area contributed by atoms with Gasteiger partial charge in [-0.3, -0.25) is 0 Å². The lowest BCUT2D eigenvalue weighted by molar-refractivity contribution is 0.0927. The summed E-state index contributed by atoms with van der Waals surface area (Å²) in [5, 5.41) is 0. The maximum Gasteiger partial charge on any atom is 0.175 e. The van der Waals surface area contributed by atoms with Crippen molar-refractivity contribution in [2.75, 3.05) is 0 Å². The standard InChI is InChI=1S/C16H27BrOSi2/c1-13(14-7-9-15(17)10-8-14)20(6)12-11-16(2,3)18-19(20,4)5/h7-10,13H,11-12H2,1-6H3. The van der Waals surface area contributed by atoms with E-state index in [-0.39, 0.29) is 5.60 Å². The molecule has 20 heavy (non-hydrogen) atoms.